The molecule has 9 heteroatoms. The smallest absolute Gasteiger partial charge is 0.360 e. The Bertz CT molecular complexity index is 1410. The van der Waals surface area contributed by atoms with Gasteiger partial charge in [-0.05, 0) is 51.3 Å². The van der Waals surface area contributed by atoms with Crippen molar-refractivity contribution in [1.82, 2.24) is 4.98 Å². The Morgan fingerprint density at radius 2 is 1.27 bits per heavy atom. The Balaban J connectivity index is 1.74. The van der Waals surface area contributed by atoms with Gasteiger partial charge in [0.1, 0.15) is 16.8 Å². The monoisotopic (exact) mass is 571 g/mol. The molecular formula is C32H33N3O5S. The van der Waals surface area contributed by atoms with Gasteiger partial charge in [0, 0.05) is 5.38 Å². The van der Waals surface area contributed by atoms with Crippen LogP contribution in [0, 0.1) is 0 Å². The molecule has 4 aromatic rings. The first-order chi connectivity index (χ1) is 19.4. The molecule has 3 aromatic carbocycles. The van der Waals surface area contributed by atoms with Crippen LogP contribution in [0.3, 0.4) is 0 Å². The molecule has 0 unspecified atom stereocenters. The number of carboxylic acids is 1. The van der Waals surface area contributed by atoms with E-state index < -0.39 is 34.4 Å². The molecule has 8 nitrogen and oxygen atoms in total. The van der Waals surface area contributed by atoms with Gasteiger partial charge in [-0.25, -0.2) is 14.6 Å². The summed E-state index contributed by atoms with van der Waals surface area (Å²) in [6, 6.07) is 30.0. The lowest BCUT2D eigenvalue weighted by atomic mass is 9.77. The number of oxime groups is 1. The number of benzene rings is 3. The molecule has 0 amide bonds. The second-order valence-electron chi connectivity index (χ2n) is 10.9. The van der Waals surface area contributed by atoms with Crippen LogP contribution in [0.15, 0.2) is 102 Å². The molecule has 41 heavy (non-hydrogen) atoms. The molecule has 0 bridgehead atoms. The van der Waals surface area contributed by atoms with Crippen molar-refractivity contribution in [3.63, 3.8) is 0 Å². The molecule has 0 fully saturated rings. The summed E-state index contributed by atoms with van der Waals surface area (Å²) in [6.07, 6.45) is 0. The van der Waals surface area contributed by atoms with Crippen molar-refractivity contribution in [2.45, 2.75) is 51.4 Å². The lowest BCUT2D eigenvalue weighted by molar-refractivity contribution is -0.179. The molecule has 0 atom stereocenters. The number of ether oxygens (including phenoxy) is 1. The Hall–Kier alpha value is -4.50. The number of aliphatic carboxylic acids is 1. The van der Waals surface area contributed by atoms with Crippen molar-refractivity contribution in [3.05, 3.63) is 119 Å². The van der Waals surface area contributed by atoms with Crippen LogP contribution in [0.2, 0.25) is 0 Å². The van der Waals surface area contributed by atoms with E-state index in [4.69, 9.17) is 9.57 Å². The van der Waals surface area contributed by atoms with Crippen LogP contribution in [0.1, 0.15) is 57.0 Å². The molecular weight excluding hydrogens is 538 g/mol. The van der Waals surface area contributed by atoms with Crippen LogP contribution in [-0.4, -0.2) is 38.9 Å². The van der Waals surface area contributed by atoms with E-state index in [1.54, 1.807) is 26.2 Å². The first-order valence-corrected chi connectivity index (χ1v) is 13.9. The second-order valence-corrected chi connectivity index (χ2v) is 11.7. The van der Waals surface area contributed by atoms with E-state index in [0.29, 0.717) is 5.13 Å². The first kappa shape index (κ1) is 29.5. The van der Waals surface area contributed by atoms with Crippen LogP contribution in [0.25, 0.3) is 0 Å². The Morgan fingerprint density at radius 1 is 0.805 bits per heavy atom. The van der Waals surface area contributed by atoms with Gasteiger partial charge < -0.3 is 20.0 Å². The Labute approximate surface area is 243 Å². The summed E-state index contributed by atoms with van der Waals surface area (Å²) in [6.45, 7) is 8.13. The summed E-state index contributed by atoms with van der Waals surface area (Å²) < 4.78 is 5.38. The highest BCUT2D eigenvalue weighted by molar-refractivity contribution is 7.14. The topological polar surface area (TPSA) is 110 Å². The van der Waals surface area contributed by atoms with Gasteiger partial charge in [-0.3, -0.25) is 0 Å². The number of carbonyl (C=O) groups excluding carboxylic acids is 1. The molecule has 0 radical (unpaired) electrons. The zero-order valence-corrected chi connectivity index (χ0v) is 24.4. The van der Waals surface area contributed by atoms with Gasteiger partial charge in [-0.15, -0.1) is 11.3 Å². The number of hydrogen-bond donors (Lipinski definition) is 2. The largest absolute Gasteiger partial charge is 0.476 e. The maximum absolute atomic E-state index is 12.6. The van der Waals surface area contributed by atoms with Gasteiger partial charge in [0.2, 0.25) is 11.3 Å². The van der Waals surface area contributed by atoms with Crippen LogP contribution < -0.4 is 5.32 Å². The van der Waals surface area contributed by atoms with E-state index in [-0.39, 0.29) is 5.69 Å². The van der Waals surface area contributed by atoms with E-state index in [9.17, 15) is 14.7 Å². The molecule has 4 rings (SSSR count). The maximum Gasteiger partial charge on any atom is 0.360 e. The number of hydrogen-bond acceptors (Lipinski definition) is 8. The average molecular weight is 572 g/mol. The van der Waals surface area contributed by atoms with Crippen molar-refractivity contribution in [2.75, 3.05) is 5.32 Å². The third-order valence-corrected chi connectivity index (χ3v) is 6.88. The molecule has 0 aliphatic carbocycles. The summed E-state index contributed by atoms with van der Waals surface area (Å²) in [5.74, 6) is -2.01. The lowest BCUT2D eigenvalue weighted by Crippen LogP contribution is -2.40. The molecule has 2 N–H and O–H groups in total. The van der Waals surface area contributed by atoms with Gasteiger partial charge in [0.15, 0.2) is 5.13 Å². The van der Waals surface area contributed by atoms with Crippen LogP contribution >= 0.6 is 11.3 Å². The number of anilines is 1. The SMILES string of the molecule is CC(C)(C)OC(=O)C(C)(C)O/N=C(\C(=O)O)c1csc(NC(c2ccccc2)(c2ccccc2)c2ccccc2)n1. The quantitative estimate of drug-likeness (QED) is 0.0971. The number of nitrogens with zero attached hydrogens (tertiary/aromatic N) is 2. The molecule has 212 valence electrons. The predicted octanol–water partition coefficient (Wildman–Crippen LogP) is 6.47. The van der Waals surface area contributed by atoms with Gasteiger partial charge in [0.05, 0.1) is 0 Å². The Kier molecular flexibility index (Phi) is 8.58. The van der Waals surface area contributed by atoms with Gasteiger partial charge >= 0.3 is 11.9 Å². The summed E-state index contributed by atoms with van der Waals surface area (Å²) in [7, 11) is 0. The Morgan fingerprint density at radius 3 is 1.68 bits per heavy atom. The molecule has 0 saturated carbocycles. The summed E-state index contributed by atoms with van der Waals surface area (Å²) in [5.41, 5.74) is -0.516. The van der Waals surface area contributed by atoms with Crippen LogP contribution in [0.5, 0.6) is 0 Å². The van der Waals surface area contributed by atoms with Crippen LogP contribution in [0.4, 0.5) is 5.13 Å². The molecule has 0 saturated heterocycles. The number of thiazole rings is 1. The third-order valence-electron chi connectivity index (χ3n) is 6.12. The molecule has 1 heterocycles. The first-order valence-electron chi connectivity index (χ1n) is 13.1. The van der Waals surface area contributed by atoms with Gasteiger partial charge in [-0.1, -0.05) is 96.2 Å². The standard InChI is InChI=1S/C32H33N3O5S/c1-30(2,3)39-28(38)31(4,5)40-35-26(27(36)37)25-21-41-29(33-25)34-32(22-15-9-6-10-16-22,23-17-11-7-12-18-23)24-19-13-8-14-20-24/h6-21H,1-5H3,(H,33,34)(H,36,37)/b35-26-. The maximum atomic E-state index is 12.6. The fourth-order valence-electron chi connectivity index (χ4n) is 4.17. The van der Waals surface area contributed by atoms with E-state index in [1.807, 2.05) is 91.0 Å². The number of rotatable bonds is 10. The summed E-state index contributed by atoms with van der Waals surface area (Å²) in [5, 5.41) is 19.4. The molecule has 1 aromatic heterocycles. The average Bonchev–Trinajstić information content (AvgIpc) is 3.40. The zero-order chi connectivity index (χ0) is 29.7. The van der Waals surface area contributed by atoms with Crippen molar-refractivity contribution in [2.24, 2.45) is 5.16 Å². The van der Waals surface area contributed by atoms with E-state index in [0.717, 1.165) is 16.7 Å². The normalized spacial score (nSPS) is 12.5. The number of carboxylic acid groups (broad SMARTS) is 1. The van der Waals surface area contributed by atoms with Crippen LogP contribution in [-0.2, 0) is 24.7 Å². The highest BCUT2D eigenvalue weighted by atomic mass is 32.1. The zero-order valence-electron chi connectivity index (χ0n) is 23.6. The van der Waals surface area contributed by atoms with Gasteiger partial charge in [-0.2, -0.15) is 0 Å². The highest BCUT2D eigenvalue weighted by Crippen LogP contribution is 2.40. The minimum Gasteiger partial charge on any atom is -0.476 e. The second kappa shape index (κ2) is 11.9. The minimum atomic E-state index is -1.52. The fourth-order valence-corrected chi connectivity index (χ4v) is 4.93. The van der Waals surface area contributed by atoms with Crippen molar-refractivity contribution >= 4 is 34.1 Å². The van der Waals surface area contributed by atoms with Crippen molar-refractivity contribution in [1.29, 1.82) is 0 Å². The van der Waals surface area contributed by atoms with Crippen molar-refractivity contribution < 1.29 is 24.3 Å². The van der Waals surface area contributed by atoms with Crippen molar-refractivity contribution in [3.8, 4) is 0 Å². The van der Waals surface area contributed by atoms with E-state index in [1.165, 1.54) is 25.2 Å². The fraction of sp³-hybridized carbons (Fsp3) is 0.250. The molecule has 0 aliphatic rings. The molecule has 0 aliphatic heterocycles. The van der Waals surface area contributed by atoms with Gasteiger partial charge in [0.25, 0.3) is 0 Å². The molecule has 0 spiro atoms. The number of esters is 1. The minimum absolute atomic E-state index is 0.0908. The third kappa shape index (κ3) is 6.81. The number of carbonyl (C=O) groups is 2. The number of aromatic nitrogens is 1. The predicted molar refractivity (Wildman–Crippen MR) is 160 cm³/mol. The summed E-state index contributed by atoms with van der Waals surface area (Å²) in [4.78, 5) is 34.8. The number of nitrogens with one attached hydrogen (secondary N) is 1. The van der Waals surface area contributed by atoms with E-state index >= 15 is 0 Å². The lowest BCUT2D eigenvalue weighted by Gasteiger charge is -2.36. The summed E-state index contributed by atoms with van der Waals surface area (Å²) >= 11 is 1.24. The highest BCUT2D eigenvalue weighted by Gasteiger charge is 2.38. The van der Waals surface area contributed by atoms with E-state index in [2.05, 4.69) is 15.5 Å².